The van der Waals surface area contributed by atoms with Crippen molar-refractivity contribution in [2.75, 3.05) is 19.3 Å². The number of hydrogen-bond acceptors (Lipinski definition) is 2. The first-order chi connectivity index (χ1) is 7.74. The average Bonchev–Trinajstić information content (AvgIpc) is 2.30. The number of nitrogens with two attached hydrogens (primary N) is 1. The minimum Gasteiger partial charge on any atom is -0.399 e. The molecule has 2 N–H and O–H groups in total. The Bertz CT molecular complexity index is 438. The van der Waals surface area contributed by atoms with Gasteiger partial charge in [-0.25, -0.2) is 0 Å². The number of allylic oxidation sites excluding steroid dienone is 3. The maximum Gasteiger partial charge on any atom is 0.0359 e. The van der Waals surface area contributed by atoms with Crippen molar-refractivity contribution in [2.45, 2.75) is 0 Å². The van der Waals surface area contributed by atoms with E-state index >= 15 is 0 Å². The third kappa shape index (κ3) is 2.76. The van der Waals surface area contributed by atoms with E-state index in [0.29, 0.717) is 0 Å². The largest absolute Gasteiger partial charge is 0.399 e. The summed E-state index contributed by atoms with van der Waals surface area (Å²) in [7, 11) is 2.06. The summed E-state index contributed by atoms with van der Waals surface area (Å²) in [6.07, 6.45) is 10.6. The molecular formula is C14H16N2. The van der Waals surface area contributed by atoms with Crippen LogP contribution in [0.1, 0.15) is 5.56 Å². The zero-order valence-corrected chi connectivity index (χ0v) is 9.43. The standard InChI is InChI=1S/C14H16N2/c1-16-10-8-13(9-11-16)3-2-12-4-6-14(15)7-5-12/h2-10H,11,15H2,1H3. The molecule has 1 heterocycles. The lowest BCUT2D eigenvalue weighted by Gasteiger charge is -2.15. The van der Waals surface area contributed by atoms with Gasteiger partial charge in [0.2, 0.25) is 0 Å². The number of hydrogen-bond donors (Lipinski definition) is 1. The van der Waals surface area contributed by atoms with E-state index in [1.54, 1.807) is 0 Å². The first-order valence-corrected chi connectivity index (χ1v) is 5.36. The molecule has 1 aromatic rings. The normalized spacial score (nSPS) is 15.6. The van der Waals surface area contributed by atoms with Gasteiger partial charge in [0.05, 0.1) is 0 Å². The Kier molecular flexibility index (Phi) is 3.10. The molecule has 1 aromatic carbocycles. The van der Waals surface area contributed by atoms with Crippen LogP contribution in [0.25, 0.3) is 6.08 Å². The van der Waals surface area contributed by atoms with Gasteiger partial charge in [-0.05, 0) is 35.5 Å². The Morgan fingerprint density at radius 2 is 1.94 bits per heavy atom. The van der Waals surface area contributed by atoms with Crippen LogP contribution in [0.4, 0.5) is 5.69 Å². The molecule has 82 valence electrons. The third-order valence-corrected chi connectivity index (χ3v) is 2.54. The van der Waals surface area contributed by atoms with E-state index in [9.17, 15) is 0 Å². The van der Waals surface area contributed by atoms with Gasteiger partial charge in [-0.3, -0.25) is 0 Å². The highest BCUT2D eigenvalue weighted by molar-refractivity contribution is 5.57. The van der Waals surface area contributed by atoms with Crippen LogP contribution in [-0.2, 0) is 0 Å². The zero-order valence-electron chi connectivity index (χ0n) is 9.43. The van der Waals surface area contributed by atoms with E-state index in [4.69, 9.17) is 5.73 Å². The van der Waals surface area contributed by atoms with Crippen molar-refractivity contribution in [2.24, 2.45) is 0 Å². The molecule has 0 aromatic heterocycles. The highest BCUT2D eigenvalue weighted by Gasteiger charge is 1.96. The van der Waals surface area contributed by atoms with Crippen LogP contribution in [0.5, 0.6) is 0 Å². The monoisotopic (exact) mass is 212 g/mol. The molecule has 0 atom stereocenters. The summed E-state index contributed by atoms with van der Waals surface area (Å²) in [5.41, 5.74) is 8.84. The summed E-state index contributed by atoms with van der Waals surface area (Å²) in [6, 6.07) is 7.87. The number of likely N-dealkylation sites (N-methyl/N-ethyl adjacent to an activating group) is 1. The van der Waals surface area contributed by atoms with Crippen LogP contribution in [0.3, 0.4) is 0 Å². The van der Waals surface area contributed by atoms with Crippen LogP contribution >= 0.6 is 0 Å². The smallest absolute Gasteiger partial charge is 0.0359 e. The van der Waals surface area contributed by atoms with Crippen LogP contribution in [0.15, 0.2) is 54.3 Å². The summed E-state index contributed by atoms with van der Waals surface area (Å²) in [5.74, 6) is 0. The molecule has 0 fully saturated rings. The molecule has 0 bridgehead atoms. The van der Waals surface area contributed by atoms with E-state index in [-0.39, 0.29) is 0 Å². The van der Waals surface area contributed by atoms with Gasteiger partial charge in [-0.15, -0.1) is 0 Å². The van der Waals surface area contributed by atoms with E-state index < -0.39 is 0 Å². The lowest BCUT2D eigenvalue weighted by Crippen LogP contribution is -2.12. The average molecular weight is 212 g/mol. The SMILES string of the molecule is CN1C=CC(C=Cc2ccc(N)cc2)=CC1. The van der Waals surface area contributed by atoms with Crippen molar-refractivity contribution in [3.05, 3.63) is 59.8 Å². The number of nitrogens with zero attached hydrogens (tertiary/aromatic N) is 1. The van der Waals surface area contributed by atoms with E-state index in [1.807, 2.05) is 24.3 Å². The molecule has 0 spiro atoms. The minimum absolute atomic E-state index is 0.801. The predicted molar refractivity (Wildman–Crippen MR) is 69.7 cm³/mol. The minimum atomic E-state index is 0.801. The molecule has 2 rings (SSSR count). The van der Waals surface area contributed by atoms with Gasteiger partial charge >= 0.3 is 0 Å². The van der Waals surface area contributed by atoms with Gasteiger partial charge in [0.25, 0.3) is 0 Å². The summed E-state index contributed by atoms with van der Waals surface area (Å²) in [4.78, 5) is 2.14. The van der Waals surface area contributed by atoms with Gasteiger partial charge in [-0.2, -0.15) is 0 Å². The molecule has 1 aliphatic heterocycles. The van der Waals surface area contributed by atoms with Crippen molar-refractivity contribution >= 4 is 11.8 Å². The molecular weight excluding hydrogens is 196 g/mol. The van der Waals surface area contributed by atoms with Gasteiger partial charge < -0.3 is 10.6 Å². The molecule has 2 heteroatoms. The molecule has 0 unspecified atom stereocenters. The second kappa shape index (κ2) is 4.71. The second-order valence-electron chi connectivity index (χ2n) is 3.96. The van der Waals surface area contributed by atoms with E-state index in [1.165, 1.54) is 11.1 Å². The van der Waals surface area contributed by atoms with Gasteiger partial charge in [0, 0.05) is 19.3 Å². The number of rotatable bonds is 2. The maximum absolute atomic E-state index is 5.63. The van der Waals surface area contributed by atoms with Crippen LogP contribution < -0.4 is 5.73 Å². The highest BCUT2D eigenvalue weighted by Crippen LogP contribution is 2.11. The summed E-state index contributed by atoms with van der Waals surface area (Å²) >= 11 is 0. The summed E-state index contributed by atoms with van der Waals surface area (Å²) < 4.78 is 0. The lowest BCUT2D eigenvalue weighted by atomic mass is 10.1. The lowest BCUT2D eigenvalue weighted by molar-refractivity contribution is 0.503. The highest BCUT2D eigenvalue weighted by atomic mass is 15.1. The first-order valence-electron chi connectivity index (χ1n) is 5.36. The fraction of sp³-hybridized carbons (Fsp3) is 0.143. The van der Waals surface area contributed by atoms with Gasteiger partial charge in [-0.1, -0.05) is 30.4 Å². The predicted octanol–water partition coefficient (Wildman–Crippen LogP) is 2.67. The van der Waals surface area contributed by atoms with E-state index in [2.05, 4.69) is 42.5 Å². The molecule has 1 aliphatic rings. The van der Waals surface area contributed by atoms with Crippen molar-refractivity contribution in [1.29, 1.82) is 0 Å². The molecule has 2 nitrogen and oxygen atoms in total. The van der Waals surface area contributed by atoms with Crippen LogP contribution in [0.2, 0.25) is 0 Å². The number of anilines is 1. The molecule has 0 saturated heterocycles. The van der Waals surface area contributed by atoms with Gasteiger partial charge in [0.1, 0.15) is 0 Å². The van der Waals surface area contributed by atoms with Crippen molar-refractivity contribution in [3.8, 4) is 0 Å². The third-order valence-electron chi connectivity index (χ3n) is 2.54. The van der Waals surface area contributed by atoms with Crippen LogP contribution in [-0.4, -0.2) is 18.5 Å². The quantitative estimate of drug-likeness (QED) is 0.764. The fourth-order valence-corrected chi connectivity index (χ4v) is 1.51. The first kappa shape index (κ1) is 10.6. The molecule has 0 aliphatic carbocycles. The molecule has 16 heavy (non-hydrogen) atoms. The number of benzene rings is 1. The van der Waals surface area contributed by atoms with Gasteiger partial charge in [0.15, 0.2) is 0 Å². The molecule has 0 amide bonds. The topological polar surface area (TPSA) is 29.3 Å². The van der Waals surface area contributed by atoms with Crippen molar-refractivity contribution < 1.29 is 0 Å². The van der Waals surface area contributed by atoms with Crippen LogP contribution in [0, 0.1) is 0 Å². The Morgan fingerprint density at radius 3 is 2.56 bits per heavy atom. The maximum atomic E-state index is 5.63. The van der Waals surface area contributed by atoms with Crippen molar-refractivity contribution in [3.63, 3.8) is 0 Å². The zero-order chi connectivity index (χ0) is 11.4. The Hall–Kier alpha value is -1.96. The second-order valence-corrected chi connectivity index (χ2v) is 3.96. The summed E-state index contributed by atoms with van der Waals surface area (Å²) in [6.45, 7) is 0.970. The Balaban J connectivity index is 2.05. The fourth-order valence-electron chi connectivity index (χ4n) is 1.51. The molecule has 0 saturated carbocycles. The Morgan fingerprint density at radius 1 is 1.19 bits per heavy atom. The van der Waals surface area contributed by atoms with Crippen molar-refractivity contribution in [1.82, 2.24) is 4.90 Å². The summed E-state index contributed by atoms with van der Waals surface area (Å²) in [5, 5.41) is 0. The molecule has 0 radical (unpaired) electrons. The number of nitrogen functional groups attached to an aromatic ring is 1. The van der Waals surface area contributed by atoms with E-state index in [0.717, 1.165) is 12.2 Å². The Labute approximate surface area is 96.4 Å².